The molecule has 6 nitrogen and oxygen atoms in total. The molecule has 8 heteroatoms. The van der Waals surface area contributed by atoms with Gasteiger partial charge in [-0.1, -0.05) is 30.3 Å². The third kappa shape index (κ3) is 4.21. The lowest BCUT2D eigenvalue weighted by molar-refractivity contribution is 0.0946. The van der Waals surface area contributed by atoms with Crippen molar-refractivity contribution < 1.29 is 23.4 Å². The van der Waals surface area contributed by atoms with Gasteiger partial charge in [0.2, 0.25) is 0 Å². The zero-order chi connectivity index (χ0) is 24.7. The van der Waals surface area contributed by atoms with Crippen LogP contribution in [0.2, 0.25) is 0 Å². The Balaban J connectivity index is 1.56. The fourth-order valence-corrected chi connectivity index (χ4v) is 4.42. The molecule has 0 bridgehead atoms. The first-order valence-corrected chi connectivity index (χ1v) is 11.3. The van der Waals surface area contributed by atoms with Crippen molar-refractivity contribution in [3.63, 3.8) is 0 Å². The van der Waals surface area contributed by atoms with Crippen LogP contribution in [0.4, 0.5) is 14.5 Å². The summed E-state index contributed by atoms with van der Waals surface area (Å²) in [7, 11) is 2.88. The lowest BCUT2D eigenvalue weighted by Gasteiger charge is -2.32. The SMILES string of the molecule is COc1cc(F)c(C2=C(NC(=O)c3ccc(C4CC4)cc3)C(O)N(c3ccccc3)N2C)c(F)c1. The second kappa shape index (κ2) is 9.03. The highest BCUT2D eigenvalue weighted by molar-refractivity contribution is 5.97. The molecule has 0 aromatic heterocycles. The highest BCUT2D eigenvalue weighted by Crippen LogP contribution is 2.41. The van der Waals surface area contributed by atoms with Crippen molar-refractivity contribution in [1.29, 1.82) is 0 Å². The summed E-state index contributed by atoms with van der Waals surface area (Å²) in [6.07, 6.45) is 0.900. The number of methoxy groups -OCH3 is 1. The smallest absolute Gasteiger partial charge is 0.255 e. The number of nitrogens with one attached hydrogen (secondary N) is 1. The van der Waals surface area contributed by atoms with Crippen LogP contribution in [-0.4, -0.2) is 36.4 Å². The van der Waals surface area contributed by atoms with E-state index in [1.165, 1.54) is 22.7 Å². The Bertz CT molecular complexity index is 1270. The zero-order valence-corrected chi connectivity index (χ0v) is 19.3. The number of ether oxygens (including phenoxy) is 1. The number of anilines is 1. The number of amides is 1. The van der Waals surface area contributed by atoms with Crippen molar-refractivity contribution >= 4 is 17.3 Å². The third-order valence-electron chi connectivity index (χ3n) is 6.37. The number of carbonyl (C=O) groups is 1. The molecule has 1 amide bonds. The number of para-hydroxylation sites is 1. The average Bonchev–Trinajstić information content (AvgIpc) is 3.68. The molecular weight excluding hydrogens is 452 g/mol. The lowest BCUT2D eigenvalue weighted by Crippen LogP contribution is -2.42. The van der Waals surface area contributed by atoms with E-state index in [0.717, 1.165) is 25.0 Å². The quantitative estimate of drug-likeness (QED) is 0.542. The molecule has 1 fully saturated rings. The predicted octanol–water partition coefficient (Wildman–Crippen LogP) is 4.63. The molecule has 3 aromatic rings. The maximum atomic E-state index is 15.1. The first-order valence-electron chi connectivity index (χ1n) is 11.3. The summed E-state index contributed by atoms with van der Waals surface area (Å²) in [5, 5.41) is 16.8. The second-order valence-electron chi connectivity index (χ2n) is 8.66. The molecule has 2 aliphatic rings. The molecule has 1 saturated carbocycles. The highest BCUT2D eigenvalue weighted by atomic mass is 19.1. The normalized spacial score (nSPS) is 17.7. The molecule has 2 N–H and O–H groups in total. The van der Waals surface area contributed by atoms with E-state index in [4.69, 9.17) is 4.74 Å². The molecule has 1 aliphatic carbocycles. The Hall–Kier alpha value is -3.91. The number of hydrogen-bond donors (Lipinski definition) is 2. The van der Waals surface area contributed by atoms with E-state index in [1.807, 2.05) is 18.2 Å². The van der Waals surface area contributed by atoms with Gasteiger partial charge in [-0.15, -0.1) is 0 Å². The van der Waals surface area contributed by atoms with Gasteiger partial charge in [-0.2, -0.15) is 0 Å². The van der Waals surface area contributed by atoms with Gasteiger partial charge in [0.05, 0.1) is 29.8 Å². The van der Waals surface area contributed by atoms with Gasteiger partial charge in [-0.3, -0.25) is 14.8 Å². The summed E-state index contributed by atoms with van der Waals surface area (Å²) < 4.78 is 35.3. The van der Waals surface area contributed by atoms with Gasteiger partial charge in [0.1, 0.15) is 17.4 Å². The van der Waals surface area contributed by atoms with Crippen molar-refractivity contribution in [3.05, 3.63) is 101 Å². The van der Waals surface area contributed by atoms with Crippen LogP contribution in [0.5, 0.6) is 5.75 Å². The summed E-state index contributed by atoms with van der Waals surface area (Å²) in [4.78, 5) is 13.1. The van der Waals surface area contributed by atoms with E-state index in [9.17, 15) is 9.90 Å². The summed E-state index contributed by atoms with van der Waals surface area (Å²) >= 11 is 0. The molecule has 3 aromatic carbocycles. The standard InChI is InChI=1S/C27H25F2N3O3/c1-31-25(23-21(28)14-20(35-2)15-22(23)29)24(27(34)32(31)19-6-4-3-5-7-19)30-26(33)18-12-10-17(11-13-18)16-8-9-16/h3-7,10-16,27,34H,8-9H2,1-2H3,(H,30,33). The molecule has 1 heterocycles. The van der Waals surface area contributed by atoms with Gasteiger partial charge in [0.25, 0.3) is 5.91 Å². The Morgan fingerprint density at radius 1 is 1.03 bits per heavy atom. The van der Waals surface area contributed by atoms with Gasteiger partial charge in [0, 0.05) is 24.7 Å². The molecule has 1 unspecified atom stereocenters. The fraction of sp³-hybridized carbons (Fsp3) is 0.222. The first-order chi connectivity index (χ1) is 16.9. The predicted molar refractivity (Wildman–Crippen MR) is 128 cm³/mol. The molecular formula is C27H25F2N3O3. The Labute approximate surface area is 202 Å². The van der Waals surface area contributed by atoms with Gasteiger partial charge < -0.3 is 15.2 Å². The molecule has 0 spiro atoms. The number of rotatable bonds is 6. The topological polar surface area (TPSA) is 65.0 Å². The summed E-state index contributed by atoms with van der Waals surface area (Å²) in [6, 6.07) is 18.3. The van der Waals surface area contributed by atoms with Gasteiger partial charge in [-0.25, -0.2) is 8.78 Å². The van der Waals surface area contributed by atoms with Crippen LogP contribution >= 0.6 is 0 Å². The highest BCUT2D eigenvalue weighted by Gasteiger charge is 2.40. The average molecular weight is 478 g/mol. The van der Waals surface area contributed by atoms with Crippen molar-refractivity contribution in [2.24, 2.45) is 0 Å². The van der Waals surface area contributed by atoms with Gasteiger partial charge in [0.15, 0.2) is 6.23 Å². The van der Waals surface area contributed by atoms with Crippen molar-refractivity contribution in [2.75, 3.05) is 19.2 Å². The van der Waals surface area contributed by atoms with E-state index in [2.05, 4.69) is 5.32 Å². The number of aliphatic hydroxyl groups excluding tert-OH is 1. The maximum Gasteiger partial charge on any atom is 0.255 e. The molecule has 0 radical (unpaired) electrons. The molecule has 35 heavy (non-hydrogen) atoms. The minimum absolute atomic E-state index is 0.00181. The van der Waals surface area contributed by atoms with E-state index in [0.29, 0.717) is 17.2 Å². The molecule has 1 atom stereocenters. The maximum absolute atomic E-state index is 15.1. The third-order valence-corrected chi connectivity index (χ3v) is 6.37. The summed E-state index contributed by atoms with van der Waals surface area (Å²) in [5.41, 5.74) is 1.72. The molecule has 0 saturated heterocycles. The van der Waals surface area contributed by atoms with Crippen LogP contribution < -0.4 is 15.1 Å². The number of benzene rings is 3. The van der Waals surface area contributed by atoms with Crippen molar-refractivity contribution in [1.82, 2.24) is 10.3 Å². The van der Waals surface area contributed by atoms with Gasteiger partial charge in [-0.05, 0) is 48.6 Å². The lowest BCUT2D eigenvalue weighted by atomic mass is 10.1. The monoisotopic (exact) mass is 477 g/mol. The van der Waals surface area contributed by atoms with Crippen LogP contribution in [0, 0.1) is 11.6 Å². The number of halogens is 2. The number of aliphatic hydroxyl groups is 1. The first kappa shape index (κ1) is 22.9. The van der Waals surface area contributed by atoms with Crippen LogP contribution in [0.25, 0.3) is 5.70 Å². The van der Waals surface area contributed by atoms with Gasteiger partial charge >= 0.3 is 0 Å². The number of hydrogen-bond acceptors (Lipinski definition) is 5. The van der Waals surface area contributed by atoms with E-state index in [1.54, 1.807) is 43.4 Å². The van der Waals surface area contributed by atoms with Crippen LogP contribution in [0.15, 0.2) is 72.4 Å². The van der Waals surface area contributed by atoms with Crippen LogP contribution in [0.1, 0.15) is 40.2 Å². The Morgan fingerprint density at radius 2 is 1.66 bits per heavy atom. The van der Waals surface area contributed by atoms with Crippen LogP contribution in [0.3, 0.4) is 0 Å². The van der Waals surface area contributed by atoms with E-state index in [-0.39, 0.29) is 22.7 Å². The van der Waals surface area contributed by atoms with Crippen LogP contribution in [-0.2, 0) is 0 Å². The zero-order valence-electron chi connectivity index (χ0n) is 19.3. The summed E-state index contributed by atoms with van der Waals surface area (Å²) in [6.45, 7) is 0. The van der Waals surface area contributed by atoms with Crippen molar-refractivity contribution in [3.8, 4) is 5.75 Å². The Kier molecular flexibility index (Phi) is 5.90. The Morgan fingerprint density at radius 3 is 2.23 bits per heavy atom. The number of nitrogens with zero attached hydrogens (tertiary/aromatic N) is 2. The second-order valence-corrected chi connectivity index (χ2v) is 8.66. The molecule has 1 aliphatic heterocycles. The summed E-state index contributed by atoms with van der Waals surface area (Å²) in [5.74, 6) is -1.69. The van der Waals surface area contributed by atoms with E-state index < -0.39 is 23.8 Å². The fourth-order valence-electron chi connectivity index (χ4n) is 4.42. The van der Waals surface area contributed by atoms with Crippen molar-refractivity contribution in [2.45, 2.75) is 25.0 Å². The van der Waals surface area contributed by atoms with E-state index >= 15 is 8.78 Å². The number of hydrazine groups is 1. The minimum atomic E-state index is -1.40. The molecule has 180 valence electrons. The molecule has 5 rings (SSSR count). The minimum Gasteiger partial charge on any atom is -0.497 e. The largest absolute Gasteiger partial charge is 0.497 e. The number of carbonyl (C=O) groups excluding carboxylic acids is 1.